The van der Waals surface area contributed by atoms with Crippen LogP contribution in [0.4, 0.5) is 4.39 Å². The highest BCUT2D eigenvalue weighted by atomic mass is 35.5. The largest absolute Gasteiger partial charge is 0.482 e. The van der Waals surface area contributed by atoms with Crippen molar-refractivity contribution in [2.45, 2.75) is 4.90 Å². The summed E-state index contributed by atoms with van der Waals surface area (Å²) in [6.07, 6.45) is 0. The van der Waals surface area contributed by atoms with E-state index in [1.807, 2.05) is 0 Å². The zero-order valence-corrected chi connectivity index (χ0v) is 14.0. The summed E-state index contributed by atoms with van der Waals surface area (Å²) in [6.45, 7) is -0.301. The molecular formula is C16H14ClFN2O3S. The average molecular weight is 369 g/mol. The smallest absolute Gasteiger partial charge is 0.276 e. The molecule has 24 heavy (non-hydrogen) atoms. The van der Waals surface area contributed by atoms with Gasteiger partial charge in [0.2, 0.25) is 5.91 Å². The maximum absolute atomic E-state index is 13.4. The number of hydrogen-bond acceptors (Lipinski definition) is 4. The molecule has 0 atom stereocenters. The van der Waals surface area contributed by atoms with E-state index in [4.69, 9.17) is 16.3 Å². The minimum absolute atomic E-state index is 0.0351. The van der Waals surface area contributed by atoms with Gasteiger partial charge in [0.1, 0.15) is 11.6 Å². The van der Waals surface area contributed by atoms with Gasteiger partial charge < -0.3 is 4.74 Å². The fourth-order valence-corrected chi connectivity index (χ4v) is 2.55. The maximum Gasteiger partial charge on any atom is 0.276 e. The van der Waals surface area contributed by atoms with Gasteiger partial charge in [-0.2, -0.15) is 0 Å². The number of benzene rings is 2. The summed E-state index contributed by atoms with van der Waals surface area (Å²) >= 11 is 6.92. The van der Waals surface area contributed by atoms with E-state index in [-0.39, 0.29) is 12.4 Å². The molecule has 126 valence electrons. The summed E-state index contributed by atoms with van der Waals surface area (Å²) in [5.41, 5.74) is 4.44. The second kappa shape index (κ2) is 9.14. The summed E-state index contributed by atoms with van der Waals surface area (Å²) in [7, 11) is 0. The molecule has 0 aromatic heterocycles. The summed E-state index contributed by atoms with van der Waals surface area (Å²) in [4.78, 5) is 23.6. The van der Waals surface area contributed by atoms with Gasteiger partial charge in [-0.15, -0.1) is 11.8 Å². The molecule has 2 amide bonds. The van der Waals surface area contributed by atoms with Crippen LogP contribution in [0.3, 0.4) is 0 Å². The van der Waals surface area contributed by atoms with Crippen molar-refractivity contribution in [2.75, 3.05) is 12.4 Å². The molecule has 0 saturated heterocycles. The average Bonchev–Trinajstić information content (AvgIpc) is 2.58. The molecule has 2 aromatic rings. The Morgan fingerprint density at radius 2 is 1.71 bits per heavy atom. The van der Waals surface area contributed by atoms with Crippen molar-refractivity contribution >= 4 is 35.2 Å². The Balaban J connectivity index is 1.69. The molecule has 0 aliphatic rings. The van der Waals surface area contributed by atoms with Crippen molar-refractivity contribution in [3.63, 3.8) is 0 Å². The minimum atomic E-state index is -0.542. The topological polar surface area (TPSA) is 67.4 Å². The first-order chi connectivity index (χ1) is 11.6. The Labute approximate surface area is 147 Å². The summed E-state index contributed by atoms with van der Waals surface area (Å²) in [5, 5.41) is 0.385. The van der Waals surface area contributed by atoms with Crippen LogP contribution < -0.4 is 15.6 Å². The highest BCUT2D eigenvalue weighted by molar-refractivity contribution is 8.00. The monoisotopic (exact) mass is 368 g/mol. The van der Waals surface area contributed by atoms with Crippen LogP contribution in [-0.4, -0.2) is 24.2 Å². The first kappa shape index (κ1) is 18.1. The van der Waals surface area contributed by atoms with Gasteiger partial charge >= 0.3 is 0 Å². The molecule has 5 nitrogen and oxygen atoms in total. The number of hydrazine groups is 1. The predicted molar refractivity (Wildman–Crippen MR) is 90.4 cm³/mol. The van der Waals surface area contributed by atoms with Crippen LogP contribution in [0.1, 0.15) is 0 Å². The Hall–Kier alpha value is -2.25. The Morgan fingerprint density at radius 1 is 1.04 bits per heavy atom. The highest BCUT2D eigenvalue weighted by Gasteiger charge is 2.09. The van der Waals surface area contributed by atoms with Gasteiger partial charge in [-0.05, 0) is 24.3 Å². The summed E-state index contributed by atoms with van der Waals surface area (Å²) < 4.78 is 18.6. The van der Waals surface area contributed by atoms with Gasteiger partial charge in [-0.3, -0.25) is 20.4 Å². The number of thioether (sulfide) groups is 1. The first-order valence-corrected chi connectivity index (χ1v) is 8.25. The zero-order valence-electron chi connectivity index (χ0n) is 12.4. The van der Waals surface area contributed by atoms with Gasteiger partial charge in [-0.1, -0.05) is 35.9 Å². The number of carbonyl (C=O) groups excluding carboxylic acids is 2. The van der Waals surface area contributed by atoms with E-state index >= 15 is 0 Å². The highest BCUT2D eigenvalue weighted by Crippen LogP contribution is 2.23. The van der Waals surface area contributed by atoms with Crippen molar-refractivity contribution < 1.29 is 18.7 Å². The van der Waals surface area contributed by atoms with E-state index in [1.165, 1.54) is 6.07 Å². The Kier molecular flexibility index (Phi) is 6.89. The standard InChI is InChI=1S/C16H14ClFN2O3S/c17-11-5-1-3-7-13(11)23-9-15(21)19-20-16(22)10-24-14-8-4-2-6-12(14)18/h1-8H,9-10H2,(H,19,21)(H,20,22). The number of rotatable bonds is 6. The van der Waals surface area contributed by atoms with E-state index in [1.54, 1.807) is 42.5 Å². The molecule has 2 rings (SSSR count). The van der Waals surface area contributed by atoms with Crippen LogP contribution in [0.25, 0.3) is 0 Å². The third-order valence-electron chi connectivity index (χ3n) is 2.73. The van der Waals surface area contributed by atoms with Crippen LogP contribution in [0.2, 0.25) is 5.02 Å². The van der Waals surface area contributed by atoms with Crippen molar-refractivity contribution in [2.24, 2.45) is 0 Å². The van der Waals surface area contributed by atoms with Gasteiger partial charge in [0.15, 0.2) is 6.61 Å². The lowest BCUT2D eigenvalue weighted by molar-refractivity contribution is -0.128. The van der Waals surface area contributed by atoms with E-state index in [9.17, 15) is 14.0 Å². The molecule has 0 saturated carbocycles. The Bertz CT molecular complexity index is 668. The number of carbonyl (C=O) groups is 2. The van der Waals surface area contributed by atoms with Crippen LogP contribution in [0, 0.1) is 5.82 Å². The molecule has 0 bridgehead atoms. The summed E-state index contributed by atoms with van der Waals surface area (Å²) in [6, 6.07) is 12.9. The number of amides is 2. The maximum atomic E-state index is 13.4. The first-order valence-electron chi connectivity index (χ1n) is 6.88. The number of hydrogen-bond donors (Lipinski definition) is 2. The number of nitrogens with one attached hydrogen (secondary N) is 2. The SMILES string of the molecule is O=C(COc1ccccc1Cl)NNC(=O)CSc1ccccc1F. The molecule has 2 N–H and O–H groups in total. The molecule has 8 heteroatoms. The van der Waals surface area contributed by atoms with Gasteiger partial charge in [-0.25, -0.2) is 4.39 Å². The second-order valence-electron chi connectivity index (χ2n) is 4.53. The molecule has 2 aromatic carbocycles. The van der Waals surface area contributed by atoms with Crippen LogP contribution in [-0.2, 0) is 9.59 Å². The normalized spacial score (nSPS) is 10.1. The molecule has 0 fully saturated rings. The minimum Gasteiger partial charge on any atom is -0.482 e. The molecule has 0 heterocycles. The Morgan fingerprint density at radius 3 is 2.46 bits per heavy atom. The fraction of sp³-hybridized carbons (Fsp3) is 0.125. The van der Waals surface area contributed by atoms with Gasteiger partial charge in [0, 0.05) is 4.90 Å². The third kappa shape index (κ3) is 5.75. The zero-order chi connectivity index (χ0) is 17.4. The van der Waals surface area contributed by atoms with Gasteiger partial charge in [0.25, 0.3) is 5.91 Å². The van der Waals surface area contributed by atoms with E-state index < -0.39 is 17.6 Å². The molecule has 0 radical (unpaired) electrons. The molecule has 0 spiro atoms. The lowest BCUT2D eigenvalue weighted by Gasteiger charge is -2.09. The van der Waals surface area contributed by atoms with E-state index in [2.05, 4.69) is 10.9 Å². The predicted octanol–water partition coefficient (Wildman–Crippen LogP) is 2.80. The van der Waals surface area contributed by atoms with Crippen molar-refractivity contribution in [3.05, 3.63) is 59.4 Å². The molecule has 0 unspecified atom stereocenters. The lowest BCUT2D eigenvalue weighted by atomic mass is 10.3. The number of halogens is 2. The van der Waals surface area contributed by atoms with Crippen LogP contribution in [0.15, 0.2) is 53.4 Å². The third-order valence-corrected chi connectivity index (χ3v) is 4.09. The van der Waals surface area contributed by atoms with Gasteiger partial charge in [0.05, 0.1) is 10.8 Å². The lowest BCUT2D eigenvalue weighted by Crippen LogP contribution is -2.44. The van der Waals surface area contributed by atoms with E-state index in [0.717, 1.165) is 11.8 Å². The second-order valence-corrected chi connectivity index (χ2v) is 5.96. The van der Waals surface area contributed by atoms with Crippen molar-refractivity contribution in [3.8, 4) is 5.75 Å². The van der Waals surface area contributed by atoms with Crippen LogP contribution >= 0.6 is 23.4 Å². The number of ether oxygens (including phenoxy) is 1. The summed E-state index contributed by atoms with van der Waals surface area (Å²) in [5.74, 6) is -1.07. The quantitative estimate of drug-likeness (QED) is 0.607. The number of para-hydroxylation sites is 1. The molecule has 0 aliphatic heterocycles. The van der Waals surface area contributed by atoms with Crippen molar-refractivity contribution in [1.29, 1.82) is 0 Å². The molecule has 0 aliphatic carbocycles. The van der Waals surface area contributed by atoms with Crippen LogP contribution in [0.5, 0.6) is 5.75 Å². The van der Waals surface area contributed by atoms with Crippen molar-refractivity contribution in [1.82, 2.24) is 10.9 Å². The molecular weight excluding hydrogens is 355 g/mol. The fourth-order valence-electron chi connectivity index (χ4n) is 1.62. The van der Waals surface area contributed by atoms with E-state index in [0.29, 0.717) is 15.7 Å².